The van der Waals surface area contributed by atoms with Gasteiger partial charge in [0.25, 0.3) is 0 Å². The number of hydrogen-bond donors (Lipinski definition) is 0. The van der Waals surface area contributed by atoms with Crippen molar-refractivity contribution in [3.8, 4) is 17.6 Å². The lowest BCUT2D eigenvalue weighted by atomic mass is 10.1. The number of ether oxygens (including phenoxy) is 2. The zero-order chi connectivity index (χ0) is 18.1. The number of benzene rings is 2. The van der Waals surface area contributed by atoms with Crippen LogP contribution in [0.25, 0.3) is 10.9 Å². The zero-order valence-corrected chi connectivity index (χ0v) is 14.9. The number of nitriles is 1. The number of hydrogen-bond acceptors (Lipinski definition) is 6. The van der Waals surface area contributed by atoms with Gasteiger partial charge < -0.3 is 9.47 Å². The summed E-state index contributed by atoms with van der Waals surface area (Å²) >= 11 is 7.08. The standard InChI is InChI=1S/C19H11ClN2O3S/c20-14-3-1-11(2-4-14)16(23)9-26-19-13(8-21)5-12-6-17-18(25-10-24-17)7-15(12)22-19/h1-7H,9-10H2. The Labute approximate surface area is 158 Å². The molecule has 0 bridgehead atoms. The van der Waals surface area contributed by atoms with Gasteiger partial charge in [0.2, 0.25) is 6.79 Å². The largest absolute Gasteiger partial charge is 0.454 e. The van der Waals surface area contributed by atoms with Gasteiger partial charge in [-0.3, -0.25) is 4.79 Å². The number of carbonyl (C=O) groups is 1. The van der Waals surface area contributed by atoms with Crippen LogP contribution in [0.5, 0.6) is 11.5 Å². The van der Waals surface area contributed by atoms with Gasteiger partial charge in [0.15, 0.2) is 17.3 Å². The van der Waals surface area contributed by atoms with Crippen LogP contribution >= 0.6 is 23.4 Å². The molecule has 128 valence electrons. The fourth-order valence-electron chi connectivity index (χ4n) is 2.59. The van der Waals surface area contributed by atoms with Gasteiger partial charge in [-0.2, -0.15) is 5.26 Å². The minimum Gasteiger partial charge on any atom is -0.454 e. The van der Waals surface area contributed by atoms with Crippen molar-refractivity contribution in [2.45, 2.75) is 5.03 Å². The molecule has 7 heteroatoms. The first-order valence-electron chi connectivity index (χ1n) is 7.70. The third-order valence-electron chi connectivity index (χ3n) is 3.90. The molecule has 26 heavy (non-hydrogen) atoms. The van der Waals surface area contributed by atoms with Gasteiger partial charge in [0, 0.05) is 22.0 Å². The maximum Gasteiger partial charge on any atom is 0.231 e. The summed E-state index contributed by atoms with van der Waals surface area (Å²) in [6.45, 7) is 0.175. The number of Topliss-reactive ketones (excluding diaryl/α,β-unsaturated/α-hetero) is 1. The summed E-state index contributed by atoms with van der Waals surface area (Å²) in [5.41, 5.74) is 1.68. The van der Waals surface area contributed by atoms with Gasteiger partial charge >= 0.3 is 0 Å². The van der Waals surface area contributed by atoms with Crippen molar-refractivity contribution in [2.24, 2.45) is 0 Å². The summed E-state index contributed by atoms with van der Waals surface area (Å²) in [5, 5.41) is 11.3. The highest BCUT2D eigenvalue weighted by atomic mass is 35.5. The van der Waals surface area contributed by atoms with Gasteiger partial charge in [0.1, 0.15) is 11.1 Å². The fourth-order valence-corrected chi connectivity index (χ4v) is 3.57. The molecule has 5 nitrogen and oxygen atoms in total. The molecule has 0 atom stereocenters. The Morgan fingerprint density at radius 2 is 1.92 bits per heavy atom. The second-order valence-electron chi connectivity index (χ2n) is 5.57. The Hall–Kier alpha value is -2.75. The van der Waals surface area contributed by atoms with E-state index in [0.29, 0.717) is 38.2 Å². The lowest BCUT2D eigenvalue weighted by molar-refractivity contribution is 0.102. The van der Waals surface area contributed by atoms with Crippen LogP contribution in [0.3, 0.4) is 0 Å². The first-order chi connectivity index (χ1) is 12.6. The molecule has 0 radical (unpaired) electrons. The first kappa shape index (κ1) is 16.7. The van der Waals surface area contributed by atoms with Crippen LogP contribution in [0.15, 0.2) is 47.5 Å². The molecule has 1 aliphatic rings. The van der Waals surface area contributed by atoms with Crippen LogP contribution in [0.4, 0.5) is 0 Å². The topological polar surface area (TPSA) is 72.2 Å². The number of fused-ring (bicyclic) bond motifs is 2. The molecule has 0 aliphatic carbocycles. The van der Waals surface area contributed by atoms with Crippen LogP contribution in [0, 0.1) is 11.3 Å². The van der Waals surface area contributed by atoms with E-state index >= 15 is 0 Å². The summed E-state index contributed by atoms with van der Waals surface area (Å²) in [6, 6.07) is 14.2. The number of rotatable bonds is 4. The number of ketones is 1. The maximum absolute atomic E-state index is 12.3. The predicted molar refractivity (Wildman–Crippen MR) is 99.1 cm³/mol. The fraction of sp³-hybridized carbons (Fsp3) is 0.105. The van der Waals surface area contributed by atoms with E-state index in [-0.39, 0.29) is 18.3 Å². The Morgan fingerprint density at radius 3 is 2.65 bits per heavy atom. The second kappa shape index (κ2) is 6.87. The molecule has 3 aromatic rings. The summed E-state index contributed by atoms with van der Waals surface area (Å²) in [5.74, 6) is 1.40. The van der Waals surface area contributed by atoms with Gasteiger partial charge in [0.05, 0.1) is 16.8 Å². The van der Waals surface area contributed by atoms with Gasteiger partial charge in [-0.15, -0.1) is 0 Å². The summed E-state index contributed by atoms with van der Waals surface area (Å²) < 4.78 is 10.7. The monoisotopic (exact) mass is 382 g/mol. The van der Waals surface area contributed by atoms with Crippen molar-refractivity contribution in [3.05, 3.63) is 58.6 Å². The molecular formula is C19H11ClN2O3S. The molecular weight excluding hydrogens is 372 g/mol. The van der Waals surface area contributed by atoms with Crippen LogP contribution in [-0.2, 0) is 0 Å². The number of halogens is 1. The highest BCUT2D eigenvalue weighted by molar-refractivity contribution is 8.00. The minimum atomic E-state index is -0.0526. The third kappa shape index (κ3) is 3.19. The summed E-state index contributed by atoms with van der Waals surface area (Å²) in [4.78, 5) is 16.9. The second-order valence-corrected chi connectivity index (χ2v) is 6.97. The van der Waals surface area contributed by atoms with Crippen LogP contribution < -0.4 is 9.47 Å². The molecule has 2 aromatic carbocycles. The van der Waals surface area contributed by atoms with Crippen molar-refractivity contribution < 1.29 is 14.3 Å². The lowest BCUT2D eigenvalue weighted by Gasteiger charge is -2.07. The molecule has 0 saturated heterocycles. The highest BCUT2D eigenvalue weighted by Gasteiger charge is 2.17. The summed E-state index contributed by atoms with van der Waals surface area (Å²) in [7, 11) is 0. The molecule has 0 saturated carbocycles. The molecule has 2 heterocycles. The van der Waals surface area contributed by atoms with E-state index in [2.05, 4.69) is 11.1 Å². The van der Waals surface area contributed by atoms with E-state index in [0.717, 1.165) is 5.39 Å². The molecule has 1 aliphatic heterocycles. The molecule has 0 spiro atoms. The number of nitrogens with zero attached hydrogens (tertiary/aromatic N) is 2. The van der Waals surface area contributed by atoms with Gasteiger partial charge in [-0.1, -0.05) is 23.4 Å². The Kier molecular flexibility index (Phi) is 4.41. The van der Waals surface area contributed by atoms with Crippen LogP contribution in [-0.4, -0.2) is 23.3 Å². The Bertz CT molecular complexity index is 1060. The average molecular weight is 383 g/mol. The molecule has 0 fully saturated rings. The van der Waals surface area contributed by atoms with E-state index in [9.17, 15) is 10.1 Å². The van der Waals surface area contributed by atoms with Crippen molar-refractivity contribution in [2.75, 3.05) is 12.5 Å². The first-order valence-corrected chi connectivity index (χ1v) is 9.06. The zero-order valence-electron chi connectivity index (χ0n) is 13.4. The van der Waals surface area contributed by atoms with E-state index in [1.807, 2.05) is 0 Å². The van der Waals surface area contributed by atoms with E-state index < -0.39 is 0 Å². The third-order valence-corrected chi connectivity index (χ3v) is 5.14. The summed E-state index contributed by atoms with van der Waals surface area (Å²) in [6.07, 6.45) is 0. The van der Waals surface area contributed by atoms with Gasteiger partial charge in [-0.05, 0) is 36.4 Å². The average Bonchev–Trinajstić information content (AvgIpc) is 3.11. The van der Waals surface area contributed by atoms with Crippen molar-refractivity contribution in [1.82, 2.24) is 4.98 Å². The van der Waals surface area contributed by atoms with Crippen molar-refractivity contribution in [1.29, 1.82) is 5.26 Å². The van der Waals surface area contributed by atoms with Crippen molar-refractivity contribution >= 4 is 40.0 Å². The molecule has 0 unspecified atom stereocenters. The number of thioether (sulfide) groups is 1. The quantitative estimate of drug-likeness (QED) is 0.490. The number of carbonyl (C=O) groups excluding carboxylic acids is 1. The SMILES string of the molecule is N#Cc1cc2cc3c(cc2nc1SCC(=O)c1ccc(Cl)cc1)OCO3. The van der Waals surface area contributed by atoms with E-state index in [1.54, 1.807) is 42.5 Å². The molecule has 1 aromatic heterocycles. The van der Waals surface area contributed by atoms with Crippen LogP contribution in [0.1, 0.15) is 15.9 Å². The van der Waals surface area contributed by atoms with Crippen LogP contribution in [0.2, 0.25) is 5.02 Å². The Balaban J connectivity index is 1.61. The number of pyridine rings is 1. The highest BCUT2D eigenvalue weighted by Crippen LogP contribution is 2.37. The van der Waals surface area contributed by atoms with Gasteiger partial charge in [-0.25, -0.2) is 4.98 Å². The number of aromatic nitrogens is 1. The molecule has 0 amide bonds. The smallest absolute Gasteiger partial charge is 0.231 e. The minimum absolute atomic E-state index is 0.0526. The lowest BCUT2D eigenvalue weighted by Crippen LogP contribution is -2.03. The molecule has 0 N–H and O–H groups in total. The van der Waals surface area contributed by atoms with E-state index in [4.69, 9.17) is 21.1 Å². The normalized spacial score (nSPS) is 12.2. The van der Waals surface area contributed by atoms with Crippen molar-refractivity contribution in [3.63, 3.8) is 0 Å². The maximum atomic E-state index is 12.3. The Morgan fingerprint density at radius 1 is 1.19 bits per heavy atom. The predicted octanol–water partition coefficient (Wildman–Crippen LogP) is 4.46. The molecule has 4 rings (SSSR count). The van der Waals surface area contributed by atoms with E-state index in [1.165, 1.54) is 11.8 Å².